The molecule has 2 aliphatic heterocycles. The Balaban J connectivity index is 1.94. The Labute approximate surface area is 145 Å². The van der Waals surface area contributed by atoms with Crippen LogP contribution in [0.15, 0.2) is 12.1 Å². The Bertz CT molecular complexity index is 1020. The minimum Gasteiger partial charge on any atom is -0.493 e. The summed E-state index contributed by atoms with van der Waals surface area (Å²) in [5.74, 6) is -0.706. The van der Waals surface area contributed by atoms with Crippen LogP contribution in [0.5, 0.6) is 11.5 Å². The molecule has 1 N–H and O–H groups in total. The van der Waals surface area contributed by atoms with Gasteiger partial charge in [0.2, 0.25) is 0 Å². The Kier molecular flexibility index (Phi) is 1.51. The smallest absolute Gasteiger partial charge is 0.174 e. The molecule has 1 spiro atoms. The number of benzene rings is 1. The van der Waals surface area contributed by atoms with E-state index in [4.69, 9.17) is 17.7 Å². The van der Waals surface area contributed by atoms with Crippen LogP contribution in [0.1, 0.15) is 40.0 Å². The normalized spacial score (nSPS) is 51.9. The zero-order chi connectivity index (χ0) is 22.1. The summed E-state index contributed by atoms with van der Waals surface area (Å²) in [4.78, 5) is 13.9. The van der Waals surface area contributed by atoms with E-state index in [9.17, 15) is 11.3 Å². The number of likely N-dealkylation sites (N-methyl/N-ethyl adjacent to an activating group) is 1. The number of hydrogen-bond donors (Lipinski definition) is 1. The molecule has 2 fully saturated rings. The average Bonchev–Trinajstić information content (AvgIpc) is 2.90. The van der Waals surface area contributed by atoms with Crippen molar-refractivity contribution in [2.24, 2.45) is 0 Å². The molecule has 0 aromatic heterocycles. The van der Waals surface area contributed by atoms with Gasteiger partial charge in [-0.25, -0.2) is 0 Å². The van der Waals surface area contributed by atoms with Crippen molar-refractivity contribution in [3.63, 3.8) is 0 Å². The van der Waals surface area contributed by atoms with Crippen molar-refractivity contribution in [2.45, 2.75) is 48.8 Å². The van der Waals surface area contributed by atoms with E-state index in [-0.39, 0.29) is 66.9 Å². The molecule has 1 saturated carbocycles. The van der Waals surface area contributed by atoms with Crippen LogP contribution in [0.3, 0.4) is 0 Å². The third-order valence-electron chi connectivity index (χ3n) is 5.82. The molecule has 2 bridgehead atoms. The molecule has 4 aliphatic rings. The highest BCUT2D eigenvalue weighted by Crippen LogP contribution is 2.64. The van der Waals surface area contributed by atoms with Gasteiger partial charge in [-0.2, -0.15) is 0 Å². The van der Waals surface area contributed by atoms with Gasteiger partial charge >= 0.3 is 0 Å². The van der Waals surface area contributed by atoms with Crippen LogP contribution in [0.4, 0.5) is 0 Å². The number of likely N-dealkylation sites (tertiary alicyclic amines) is 1. The van der Waals surface area contributed by atoms with Gasteiger partial charge in [-0.05, 0) is 44.4 Å². The lowest BCUT2D eigenvalue weighted by molar-refractivity contribution is -0.185. The van der Waals surface area contributed by atoms with E-state index in [1.54, 1.807) is 0 Å². The quantitative estimate of drug-likeness (QED) is 0.837. The van der Waals surface area contributed by atoms with Gasteiger partial charge in [0.15, 0.2) is 23.4 Å². The number of nitrogens with zero attached hydrogens (tertiary/aromatic N) is 1. The van der Waals surface area contributed by atoms with Crippen LogP contribution in [-0.2, 0) is 16.6 Å². The first-order chi connectivity index (χ1) is 13.8. The fraction of sp³-hybridized carbons (Fsp3) is 0.611. The number of ether oxygens (including phenoxy) is 2. The second-order valence-corrected chi connectivity index (χ2v) is 6.61. The maximum absolute atomic E-state index is 13.0. The number of Topliss-reactive ketones (excluding diaryl/α,β-unsaturated/α-hetero) is 1. The predicted octanol–water partition coefficient (Wildman–Crippen LogP) is 1.05. The second kappa shape index (κ2) is 4.08. The van der Waals surface area contributed by atoms with Gasteiger partial charge in [0, 0.05) is 22.1 Å². The molecule has 4 atom stereocenters. The zero-order valence-electron chi connectivity index (χ0n) is 19.7. The van der Waals surface area contributed by atoms with Crippen LogP contribution in [0.2, 0.25) is 0 Å². The molecule has 1 aromatic carbocycles. The fourth-order valence-corrected chi connectivity index (χ4v) is 4.82. The number of hydrogen-bond acceptors (Lipinski definition) is 5. The predicted molar refractivity (Wildman–Crippen MR) is 83.0 cm³/mol. The maximum atomic E-state index is 13.0. The van der Waals surface area contributed by atoms with Crippen LogP contribution in [0, 0.1) is 0 Å². The molecule has 0 radical (unpaired) electrons. The van der Waals surface area contributed by atoms with Crippen molar-refractivity contribution in [3.8, 4) is 11.5 Å². The molecule has 23 heavy (non-hydrogen) atoms. The summed E-state index contributed by atoms with van der Waals surface area (Å²) in [5, 5.41) is 12.0. The van der Waals surface area contributed by atoms with E-state index in [0.29, 0.717) is 0 Å². The molecular weight excluding hydrogens is 294 g/mol. The number of aliphatic hydroxyl groups is 1. The summed E-state index contributed by atoms with van der Waals surface area (Å²) >= 11 is 0. The van der Waals surface area contributed by atoms with Gasteiger partial charge < -0.3 is 19.5 Å². The van der Waals surface area contributed by atoms with Crippen LogP contribution in [-0.4, -0.2) is 54.1 Å². The summed E-state index contributed by atoms with van der Waals surface area (Å²) in [6.45, 7) is -2.86. The van der Waals surface area contributed by atoms with Crippen molar-refractivity contribution in [1.29, 1.82) is 0 Å². The number of ketones is 1. The second-order valence-electron chi connectivity index (χ2n) is 6.61. The Hall–Kier alpha value is -1.59. The molecule has 1 unspecified atom stereocenters. The van der Waals surface area contributed by atoms with Gasteiger partial charge in [0.05, 0.1) is 23.6 Å². The third-order valence-corrected chi connectivity index (χ3v) is 5.82. The molecule has 1 saturated heterocycles. The molecule has 2 aliphatic carbocycles. The van der Waals surface area contributed by atoms with E-state index in [1.165, 1.54) is 7.11 Å². The lowest BCUT2D eigenvalue weighted by atomic mass is 9.49. The highest BCUT2D eigenvalue weighted by Gasteiger charge is 2.72. The highest BCUT2D eigenvalue weighted by atomic mass is 16.5. The minimum absolute atomic E-state index is 0.0263. The number of carbonyl (C=O) groups excluding carboxylic acids is 1. The van der Waals surface area contributed by atoms with Gasteiger partial charge in [0.25, 0.3) is 0 Å². The zero-order valence-corrected chi connectivity index (χ0v) is 12.7. The molecule has 122 valence electrons. The molecule has 5 nitrogen and oxygen atoms in total. The van der Waals surface area contributed by atoms with E-state index >= 15 is 0 Å². The summed E-state index contributed by atoms with van der Waals surface area (Å²) in [5.41, 5.74) is -3.40. The van der Waals surface area contributed by atoms with E-state index in [0.717, 1.165) is 4.90 Å². The lowest BCUT2D eigenvalue weighted by Gasteiger charge is -2.62. The van der Waals surface area contributed by atoms with Crippen molar-refractivity contribution in [2.75, 3.05) is 20.6 Å². The van der Waals surface area contributed by atoms with E-state index in [2.05, 4.69) is 0 Å². The Morgan fingerprint density at radius 2 is 2.43 bits per heavy atom. The monoisotopic (exact) mass is 322 g/mol. The van der Waals surface area contributed by atoms with E-state index < -0.39 is 35.9 Å². The highest BCUT2D eigenvalue weighted by molar-refractivity contribution is 5.90. The summed E-state index contributed by atoms with van der Waals surface area (Å²) < 4.78 is 70.1. The summed E-state index contributed by atoms with van der Waals surface area (Å²) in [6.07, 6.45) is -3.18. The SMILES string of the molecule is [2H]c1c([2H])c(OC)c2c3c1C[C@@]1([2H])N(C([2H])([2H])[2H])CC[C@@]34C([2H])(O2)C(=O)CC[C@@]14O. The van der Waals surface area contributed by atoms with Crippen LogP contribution >= 0.6 is 0 Å². The van der Waals surface area contributed by atoms with Crippen molar-refractivity contribution < 1.29 is 29.0 Å². The maximum Gasteiger partial charge on any atom is 0.174 e. The van der Waals surface area contributed by atoms with Gasteiger partial charge in [0.1, 0.15) is 0 Å². The number of piperidine rings is 1. The average molecular weight is 322 g/mol. The first-order valence-electron chi connectivity index (χ1n) is 11.2. The molecule has 5 rings (SSSR count). The molecule has 5 heteroatoms. The Morgan fingerprint density at radius 1 is 1.57 bits per heavy atom. The molecular formula is C18H21NO4. The molecule has 1 aromatic rings. The molecule has 0 amide bonds. The number of methoxy groups -OCH3 is 1. The van der Waals surface area contributed by atoms with Gasteiger partial charge in [-0.1, -0.05) is 6.04 Å². The van der Waals surface area contributed by atoms with Crippen molar-refractivity contribution >= 4 is 5.78 Å². The van der Waals surface area contributed by atoms with Crippen molar-refractivity contribution in [1.82, 2.24) is 4.90 Å². The first kappa shape index (κ1) is 8.49. The third kappa shape index (κ3) is 1.32. The lowest BCUT2D eigenvalue weighted by Crippen LogP contribution is -2.76. The van der Waals surface area contributed by atoms with E-state index in [1.807, 2.05) is 0 Å². The first-order valence-corrected chi connectivity index (χ1v) is 7.73. The van der Waals surface area contributed by atoms with Gasteiger partial charge in [-0.15, -0.1) is 0 Å². The number of carbonyl (C=O) groups is 1. The standard InChI is InChI=1S/C18H21NO4/c1-19-8-7-17-14-10-3-4-12(22-2)15(14)23-16(17)11(20)5-6-18(17,21)13(19)9-10/h3-4,13,16,21H,5-9H2,1-2H3/t13-,16?,17+,18-/m1/s1/i1D3,3D,4D,13D,16D. The van der Waals surface area contributed by atoms with Crippen LogP contribution < -0.4 is 9.47 Å². The summed E-state index contributed by atoms with van der Waals surface area (Å²) in [6, 6.07) is -2.73. The minimum atomic E-state index is -2.70. The Morgan fingerprint density at radius 3 is 3.22 bits per heavy atom. The molecule has 2 heterocycles. The van der Waals surface area contributed by atoms with Crippen molar-refractivity contribution in [3.05, 3.63) is 23.2 Å². The van der Waals surface area contributed by atoms with Gasteiger partial charge in [-0.3, -0.25) is 4.79 Å². The fourth-order valence-electron chi connectivity index (χ4n) is 4.82. The largest absolute Gasteiger partial charge is 0.493 e. The topological polar surface area (TPSA) is 59.0 Å². The number of rotatable bonds is 1. The summed E-state index contributed by atoms with van der Waals surface area (Å²) in [7, 11) is 1.29. The van der Waals surface area contributed by atoms with Crippen LogP contribution in [0.25, 0.3) is 0 Å².